The molecule has 22 heavy (non-hydrogen) atoms. The zero-order chi connectivity index (χ0) is 16.2. The fourth-order valence-electron chi connectivity index (χ4n) is 2.69. The first-order chi connectivity index (χ1) is 10.4. The van der Waals surface area contributed by atoms with Crippen LogP contribution in [0.25, 0.3) is 11.1 Å². The van der Waals surface area contributed by atoms with Crippen molar-refractivity contribution in [2.75, 3.05) is 0 Å². The van der Waals surface area contributed by atoms with E-state index in [1.807, 2.05) is 0 Å². The summed E-state index contributed by atoms with van der Waals surface area (Å²) in [5.74, 6) is 0.815. The second-order valence-corrected chi connectivity index (χ2v) is 7.58. The van der Waals surface area contributed by atoms with Crippen LogP contribution < -0.4 is 0 Å². The van der Waals surface area contributed by atoms with Crippen molar-refractivity contribution in [1.82, 2.24) is 0 Å². The van der Waals surface area contributed by atoms with Gasteiger partial charge >= 0.3 is 0 Å². The fourth-order valence-corrected chi connectivity index (χ4v) is 2.69. The zero-order valence-electron chi connectivity index (χ0n) is 14.8. The lowest BCUT2D eigenvalue weighted by Crippen LogP contribution is -2.10. The summed E-state index contributed by atoms with van der Waals surface area (Å²) in [6, 6.07) is 18.1. The van der Waals surface area contributed by atoms with E-state index in [0.717, 1.165) is 5.92 Å². The average Bonchev–Trinajstić information content (AvgIpc) is 2.52. The number of aryl methyl sites for hydroxylation is 1. The molecule has 0 heteroatoms. The van der Waals surface area contributed by atoms with Gasteiger partial charge in [-0.05, 0) is 46.4 Å². The SMILES string of the molecule is CCC(C)CCc1cccc(-c2ccc(C(C)(C)C)cc2)c1. The third kappa shape index (κ3) is 4.47. The van der Waals surface area contributed by atoms with E-state index in [4.69, 9.17) is 0 Å². The summed E-state index contributed by atoms with van der Waals surface area (Å²) in [6.07, 6.45) is 3.74. The first-order valence-corrected chi connectivity index (χ1v) is 8.60. The molecule has 2 aromatic rings. The van der Waals surface area contributed by atoms with Gasteiger partial charge in [0.05, 0.1) is 0 Å². The Morgan fingerprint density at radius 1 is 0.909 bits per heavy atom. The van der Waals surface area contributed by atoms with E-state index in [9.17, 15) is 0 Å². The van der Waals surface area contributed by atoms with E-state index in [1.54, 1.807) is 0 Å². The highest BCUT2D eigenvalue weighted by molar-refractivity contribution is 5.64. The normalized spacial score (nSPS) is 13.1. The quantitative estimate of drug-likeness (QED) is 0.580. The van der Waals surface area contributed by atoms with Crippen LogP contribution in [-0.2, 0) is 11.8 Å². The molecule has 1 atom stereocenters. The third-order valence-corrected chi connectivity index (χ3v) is 4.63. The largest absolute Gasteiger partial charge is 0.0651 e. The van der Waals surface area contributed by atoms with Crippen molar-refractivity contribution < 1.29 is 0 Å². The van der Waals surface area contributed by atoms with Crippen molar-refractivity contribution in [1.29, 1.82) is 0 Å². The molecular weight excluding hydrogens is 264 g/mol. The number of hydrogen-bond donors (Lipinski definition) is 0. The lowest BCUT2D eigenvalue weighted by molar-refractivity contribution is 0.516. The van der Waals surface area contributed by atoms with Gasteiger partial charge in [0.2, 0.25) is 0 Å². The predicted octanol–water partition coefficient (Wildman–Crippen LogP) is 6.63. The summed E-state index contributed by atoms with van der Waals surface area (Å²) in [4.78, 5) is 0. The van der Waals surface area contributed by atoms with Crippen LogP contribution >= 0.6 is 0 Å². The van der Waals surface area contributed by atoms with Crippen molar-refractivity contribution in [3.05, 3.63) is 59.7 Å². The topological polar surface area (TPSA) is 0 Å². The molecule has 0 heterocycles. The molecule has 0 saturated heterocycles. The summed E-state index contributed by atoms with van der Waals surface area (Å²) in [7, 11) is 0. The van der Waals surface area contributed by atoms with Crippen molar-refractivity contribution in [2.45, 2.75) is 59.3 Å². The molecule has 0 fully saturated rings. The van der Waals surface area contributed by atoms with Gasteiger partial charge < -0.3 is 0 Å². The minimum Gasteiger partial charge on any atom is -0.0651 e. The molecule has 0 aliphatic carbocycles. The molecule has 0 bridgehead atoms. The van der Waals surface area contributed by atoms with Crippen LogP contribution in [0.2, 0.25) is 0 Å². The van der Waals surface area contributed by atoms with Gasteiger partial charge in [-0.1, -0.05) is 89.6 Å². The van der Waals surface area contributed by atoms with Crippen molar-refractivity contribution in [2.24, 2.45) is 5.92 Å². The van der Waals surface area contributed by atoms with E-state index in [-0.39, 0.29) is 5.41 Å². The molecular formula is C22H30. The summed E-state index contributed by atoms with van der Waals surface area (Å²) in [5, 5.41) is 0. The Bertz CT molecular complexity index is 584. The molecule has 0 aliphatic rings. The molecule has 0 N–H and O–H groups in total. The molecule has 0 nitrogen and oxygen atoms in total. The van der Waals surface area contributed by atoms with E-state index in [0.29, 0.717) is 0 Å². The predicted molar refractivity (Wildman–Crippen MR) is 98.4 cm³/mol. The van der Waals surface area contributed by atoms with Crippen LogP contribution in [0.5, 0.6) is 0 Å². The van der Waals surface area contributed by atoms with Crippen LogP contribution in [0.1, 0.15) is 58.6 Å². The standard InChI is InChI=1S/C22H30/c1-6-17(2)10-11-18-8-7-9-20(16-18)19-12-14-21(15-13-19)22(3,4)5/h7-9,12-17H,6,10-11H2,1-5H3. The highest BCUT2D eigenvalue weighted by Crippen LogP contribution is 2.27. The average molecular weight is 294 g/mol. The molecule has 0 amide bonds. The number of hydrogen-bond acceptors (Lipinski definition) is 0. The van der Waals surface area contributed by atoms with Gasteiger partial charge in [0.15, 0.2) is 0 Å². The van der Waals surface area contributed by atoms with Gasteiger partial charge in [0.1, 0.15) is 0 Å². The second-order valence-electron chi connectivity index (χ2n) is 7.58. The lowest BCUT2D eigenvalue weighted by atomic mass is 9.86. The Morgan fingerprint density at radius 3 is 2.18 bits per heavy atom. The minimum atomic E-state index is 0.219. The maximum absolute atomic E-state index is 2.36. The van der Waals surface area contributed by atoms with Crippen LogP contribution in [0.15, 0.2) is 48.5 Å². The Hall–Kier alpha value is -1.56. The highest BCUT2D eigenvalue weighted by Gasteiger charge is 2.13. The first-order valence-electron chi connectivity index (χ1n) is 8.60. The summed E-state index contributed by atoms with van der Waals surface area (Å²) >= 11 is 0. The Balaban J connectivity index is 2.15. The van der Waals surface area contributed by atoms with Crippen LogP contribution in [-0.4, -0.2) is 0 Å². The minimum absolute atomic E-state index is 0.219. The molecule has 0 aromatic heterocycles. The fraction of sp³-hybridized carbons (Fsp3) is 0.455. The monoisotopic (exact) mass is 294 g/mol. The summed E-state index contributed by atoms with van der Waals surface area (Å²) in [6.45, 7) is 11.4. The highest BCUT2D eigenvalue weighted by atomic mass is 14.2. The number of rotatable bonds is 5. The molecule has 0 aliphatic heterocycles. The van der Waals surface area contributed by atoms with Gasteiger partial charge in [-0.25, -0.2) is 0 Å². The van der Waals surface area contributed by atoms with Gasteiger partial charge in [0.25, 0.3) is 0 Å². The van der Waals surface area contributed by atoms with Gasteiger partial charge in [-0.2, -0.15) is 0 Å². The van der Waals surface area contributed by atoms with Crippen LogP contribution in [0.3, 0.4) is 0 Å². The molecule has 2 aromatic carbocycles. The lowest BCUT2D eigenvalue weighted by Gasteiger charge is -2.19. The van der Waals surface area contributed by atoms with E-state index in [2.05, 4.69) is 83.1 Å². The Kier molecular flexibility index (Phi) is 5.45. The van der Waals surface area contributed by atoms with Crippen molar-refractivity contribution in [3.63, 3.8) is 0 Å². The van der Waals surface area contributed by atoms with Gasteiger partial charge in [-0.3, -0.25) is 0 Å². The van der Waals surface area contributed by atoms with E-state index < -0.39 is 0 Å². The number of benzene rings is 2. The molecule has 0 radical (unpaired) electrons. The van der Waals surface area contributed by atoms with E-state index in [1.165, 1.54) is 41.5 Å². The van der Waals surface area contributed by atoms with Crippen LogP contribution in [0, 0.1) is 5.92 Å². The van der Waals surface area contributed by atoms with Crippen molar-refractivity contribution in [3.8, 4) is 11.1 Å². The summed E-state index contributed by atoms with van der Waals surface area (Å²) in [5.41, 5.74) is 5.72. The van der Waals surface area contributed by atoms with Crippen molar-refractivity contribution >= 4 is 0 Å². The first kappa shape index (κ1) is 16.8. The Morgan fingerprint density at radius 2 is 1.59 bits per heavy atom. The molecule has 2 rings (SSSR count). The summed E-state index contributed by atoms with van der Waals surface area (Å²) < 4.78 is 0. The van der Waals surface area contributed by atoms with E-state index >= 15 is 0 Å². The molecule has 0 spiro atoms. The maximum Gasteiger partial charge on any atom is -0.0132 e. The molecule has 1 unspecified atom stereocenters. The maximum atomic E-state index is 2.36. The van der Waals surface area contributed by atoms with Gasteiger partial charge in [0, 0.05) is 0 Å². The zero-order valence-corrected chi connectivity index (χ0v) is 14.8. The Labute approximate surface area is 136 Å². The second kappa shape index (κ2) is 7.13. The van der Waals surface area contributed by atoms with Gasteiger partial charge in [-0.15, -0.1) is 0 Å². The molecule has 118 valence electrons. The smallest absolute Gasteiger partial charge is 0.0132 e. The van der Waals surface area contributed by atoms with Crippen LogP contribution in [0.4, 0.5) is 0 Å². The third-order valence-electron chi connectivity index (χ3n) is 4.63. The molecule has 0 saturated carbocycles.